The Morgan fingerprint density at radius 3 is 2.56 bits per heavy atom. The molecule has 1 unspecified atom stereocenters. The summed E-state index contributed by atoms with van der Waals surface area (Å²) in [4.78, 5) is 26.2. The SMILES string of the molecule is CN(CC(C)(C)C)C(=O)N1CCOC(C(=O)O)C1. The highest BCUT2D eigenvalue weighted by Crippen LogP contribution is 2.16. The first-order chi connectivity index (χ1) is 8.20. The Bertz CT molecular complexity index is 325. The number of ether oxygens (including phenoxy) is 1. The number of morpholine rings is 1. The van der Waals surface area contributed by atoms with Crippen LogP contribution in [-0.2, 0) is 9.53 Å². The molecule has 0 radical (unpaired) electrons. The van der Waals surface area contributed by atoms with E-state index in [4.69, 9.17) is 9.84 Å². The number of amides is 2. The van der Waals surface area contributed by atoms with Crippen LogP contribution in [-0.4, -0.2) is 66.3 Å². The lowest BCUT2D eigenvalue weighted by atomic mass is 9.96. The van der Waals surface area contributed by atoms with Crippen molar-refractivity contribution in [3.05, 3.63) is 0 Å². The van der Waals surface area contributed by atoms with E-state index >= 15 is 0 Å². The molecule has 0 bridgehead atoms. The van der Waals surface area contributed by atoms with Gasteiger partial charge in [0.05, 0.1) is 13.2 Å². The fourth-order valence-corrected chi connectivity index (χ4v) is 1.99. The Kier molecular flexibility index (Phi) is 4.56. The van der Waals surface area contributed by atoms with Gasteiger partial charge < -0.3 is 19.6 Å². The Labute approximate surface area is 107 Å². The average Bonchev–Trinajstić information content (AvgIpc) is 2.26. The molecule has 1 saturated heterocycles. The molecule has 0 spiro atoms. The summed E-state index contributed by atoms with van der Waals surface area (Å²) < 4.78 is 5.09. The van der Waals surface area contributed by atoms with Crippen LogP contribution in [0, 0.1) is 5.41 Å². The van der Waals surface area contributed by atoms with Crippen molar-refractivity contribution >= 4 is 12.0 Å². The highest BCUT2D eigenvalue weighted by molar-refractivity contribution is 5.77. The number of carboxylic acids is 1. The van der Waals surface area contributed by atoms with Crippen molar-refractivity contribution in [3.63, 3.8) is 0 Å². The normalized spacial score (nSPS) is 20.7. The van der Waals surface area contributed by atoms with Gasteiger partial charge in [0.25, 0.3) is 0 Å². The van der Waals surface area contributed by atoms with E-state index in [1.165, 1.54) is 4.90 Å². The summed E-state index contributed by atoms with van der Waals surface area (Å²) in [7, 11) is 1.73. The molecule has 2 amide bonds. The maximum absolute atomic E-state index is 12.1. The first-order valence-electron chi connectivity index (χ1n) is 6.05. The molecule has 0 saturated carbocycles. The molecular formula is C12H22N2O4. The Morgan fingerprint density at radius 2 is 2.06 bits per heavy atom. The quantitative estimate of drug-likeness (QED) is 0.798. The van der Waals surface area contributed by atoms with Gasteiger partial charge in [-0.1, -0.05) is 20.8 Å². The zero-order valence-electron chi connectivity index (χ0n) is 11.5. The maximum atomic E-state index is 12.1. The summed E-state index contributed by atoms with van der Waals surface area (Å²) in [6, 6.07) is -0.139. The first-order valence-corrected chi connectivity index (χ1v) is 6.05. The number of hydrogen-bond acceptors (Lipinski definition) is 3. The maximum Gasteiger partial charge on any atom is 0.334 e. The van der Waals surface area contributed by atoms with Gasteiger partial charge in [-0.05, 0) is 5.41 Å². The Morgan fingerprint density at radius 1 is 1.44 bits per heavy atom. The molecule has 18 heavy (non-hydrogen) atoms. The van der Waals surface area contributed by atoms with E-state index in [9.17, 15) is 9.59 Å². The molecule has 0 aromatic rings. The van der Waals surface area contributed by atoms with Crippen molar-refractivity contribution < 1.29 is 19.4 Å². The fraction of sp³-hybridized carbons (Fsp3) is 0.833. The van der Waals surface area contributed by atoms with Crippen molar-refractivity contribution in [3.8, 4) is 0 Å². The van der Waals surface area contributed by atoms with Crippen molar-refractivity contribution in [2.24, 2.45) is 5.41 Å². The number of aliphatic carboxylic acids is 1. The van der Waals surface area contributed by atoms with E-state index in [0.717, 1.165) is 0 Å². The number of hydrogen-bond donors (Lipinski definition) is 1. The van der Waals surface area contributed by atoms with Gasteiger partial charge in [0.15, 0.2) is 6.10 Å². The molecular weight excluding hydrogens is 236 g/mol. The van der Waals surface area contributed by atoms with Crippen LogP contribution < -0.4 is 0 Å². The van der Waals surface area contributed by atoms with Crippen molar-refractivity contribution in [1.82, 2.24) is 9.80 Å². The van der Waals surface area contributed by atoms with Crippen LogP contribution in [0.3, 0.4) is 0 Å². The van der Waals surface area contributed by atoms with Crippen LogP contribution >= 0.6 is 0 Å². The van der Waals surface area contributed by atoms with Gasteiger partial charge in [-0.25, -0.2) is 9.59 Å². The standard InChI is InChI=1S/C12H22N2O4/c1-12(2,3)8-13(4)11(17)14-5-6-18-9(7-14)10(15)16/h9H,5-8H2,1-4H3,(H,15,16). The first kappa shape index (κ1) is 14.8. The second kappa shape index (κ2) is 5.56. The van der Waals surface area contributed by atoms with Crippen molar-refractivity contribution in [2.45, 2.75) is 26.9 Å². The number of carbonyl (C=O) groups is 2. The van der Waals surface area contributed by atoms with Crippen LogP contribution in [0.5, 0.6) is 0 Å². The summed E-state index contributed by atoms with van der Waals surface area (Å²) in [5.74, 6) is -1.02. The van der Waals surface area contributed by atoms with E-state index in [0.29, 0.717) is 13.1 Å². The largest absolute Gasteiger partial charge is 0.479 e. The zero-order chi connectivity index (χ0) is 13.9. The number of carbonyl (C=O) groups excluding carboxylic acids is 1. The molecule has 0 aromatic heterocycles. The van der Waals surface area contributed by atoms with Crippen molar-refractivity contribution in [2.75, 3.05) is 33.3 Å². The topological polar surface area (TPSA) is 70.1 Å². The van der Waals surface area contributed by atoms with E-state index < -0.39 is 12.1 Å². The lowest BCUT2D eigenvalue weighted by Gasteiger charge is -2.35. The molecule has 0 aromatic carbocycles. The third-order valence-corrected chi connectivity index (χ3v) is 2.65. The third-order valence-electron chi connectivity index (χ3n) is 2.65. The lowest BCUT2D eigenvalue weighted by Crippen LogP contribution is -2.53. The minimum Gasteiger partial charge on any atom is -0.479 e. The Hall–Kier alpha value is -1.30. The van der Waals surface area contributed by atoms with Gasteiger partial charge in [-0.3, -0.25) is 0 Å². The number of rotatable bonds is 2. The van der Waals surface area contributed by atoms with E-state index in [2.05, 4.69) is 20.8 Å². The fourth-order valence-electron chi connectivity index (χ4n) is 1.99. The molecule has 104 valence electrons. The van der Waals surface area contributed by atoms with Gasteiger partial charge in [0.1, 0.15) is 0 Å². The number of nitrogens with zero attached hydrogens (tertiary/aromatic N) is 2. The molecule has 1 fully saturated rings. The minimum absolute atomic E-state index is 0.0168. The summed E-state index contributed by atoms with van der Waals surface area (Å²) in [6.07, 6.45) is -0.911. The summed E-state index contributed by atoms with van der Waals surface area (Å²) in [5.41, 5.74) is 0.0168. The highest BCUT2D eigenvalue weighted by atomic mass is 16.5. The molecule has 1 aliphatic heterocycles. The zero-order valence-corrected chi connectivity index (χ0v) is 11.5. The van der Waals surface area contributed by atoms with Crippen molar-refractivity contribution in [1.29, 1.82) is 0 Å². The molecule has 6 heteroatoms. The molecule has 1 aliphatic rings. The van der Waals surface area contributed by atoms with Gasteiger partial charge in [-0.15, -0.1) is 0 Å². The second-order valence-electron chi connectivity index (χ2n) is 5.84. The predicted molar refractivity (Wildman–Crippen MR) is 66.4 cm³/mol. The van der Waals surface area contributed by atoms with Gasteiger partial charge in [0, 0.05) is 20.1 Å². The summed E-state index contributed by atoms with van der Waals surface area (Å²) in [5, 5.41) is 8.89. The molecule has 6 nitrogen and oxygen atoms in total. The van der Waals surface area contributed by atoms with Gasteiger partial charge in [0.2, 0.25) is 0 Å². The van der Waals surface area contributed by atoms with E-state index in [1.54, 1.807) is 11.9 Å². The third kappa shape index (κ3) is 4.18. The van der Waals surface area contributed by atoms with Gasteiger partial charge in [-0.2, -0.15) is 0 Å². The lowest BCUT2D eigenvalue weighted by molar-refractivity contribution is -0.154. The predicted octanol–water partition coefficient (Wildman–Crippen LogP) is 0.870. The Balaban J connectivity index is 2.58. The second-order valence-corrected chi connectivity index (χ2v) is 5.84. The molecule has 1 N–H and O–H groups in total. The van der Waals surface area contributed by atoms with Crippen LogP contribution in [0.2, 0.25) is 0 Å². The minimum atomic E-state index is -1.02. The van der Waals surface area contributed by atoms with E-state index in [-0.39, 0.29) is 24.6 Å². The number of carboxylic acid groups (broad SMARTS) is 1. The number of urea groups is 1. The van der Waals surface area contributed by atoms with Gasteiger partial charge >= 0.3 is 12.0 Å². The average molecular weight is 258 g/mol. The molecule has 1 rings (SSSR count). The van der Waals surface area contributed by atoms with Crippen LogP contribution in [0.25, 0.3) is 0 Å². The molecule has 1 heterocycles. The summed E-state index contributed by atoms with van der Waals surface area (Å²) in [6.45, 7) is 7.61. The van der Waals surface area contributed by atoms with Crippen LogP contribution in [0.4, 0.5) is 4.79 Å². The van der Waals surface area contributed by atoms with E-state index in [1.807, 2.05) is 0 Å². The van der Waals surface area contributed by atoms with Crippen LogP contribution in [0.15, 0.2) is 0 Å². The smallest absolute Gasteiger partial charge is 0.334 e. The molecule has 1 atom stereocenters. The monoisotopic (exact) mass is 258 g/mol. The highest BCUT2D eigenvalue weighted by Gasteiger charge is 2.31. The van der Waals surface area contributed by atoms with Crippen LogP contribution in [0.1, 0.15) is 20.8 Å². The molecule has 0 aliphatic carbocycles. The summed E-state index contributed by atoms with van der Waals surface area (Å²) >= 11 is 0.